The van der Waals surface area contributed by atoms with Gasteiger partial charge in [-0.05, 0) is 66.8 Å². The molecule has 0 bridgehead atoms. The van der Waals surface area contributed by atoms with Gasteiger partial charge in [0.2, 0.25) is 5.91 Å². The molecule has 3 amide bonds. The Morgan fingerprint density at radius 2 is 1.75 bits per heavy atom. The van der Waals surface area contributed by atoms with Crippen molar-refractivity contribution in [1.29, 1.82) is 0 Å². The van der Waals surface area contributed by atoms with Gasteiger partial charge in [-0.1, -0.05) is 87.2 Å². The van der Waals surface area contributed by atoms with E-state index in [2.05, 4.69) is 35.8 Å². The zero-order valence-electron chi connectivity index (χ0n) is 26.3. The van der Waals surface area contributed by atoms with Crippen molar-refractivity contribution in [1.82, 2.24) is 10.2 Å². The molecule has 0 spiro atoms. The first-order chi connectivity index (χ1) is 21.4. The van der Waals surface area contributed by atoms with Crippen molar-refractivity contribution < 1.29 is 23.9 Å². The SMILES string of the molecule is CCCCCCC(Cc1cc(-c2ccc(CC(OCC)C(=O)N3C(=O)OCC3Cc3ccccc3)cc2)cs1)C(=O)NCC. The number of ether oxygens (including phenoxy) is 2. The molecule has 44 heavy (non-hydrogen) atoms. The molecule has 1 fully saturated rings. The maximum atomic E-state index is 13.6. The van der Waals surface area contributed by atoms with Crippen LogP contribution in [-0.2, 0) is 38.3 Å². The van der Waals surface area contributed by atoms with Crippen LogP contribution in [0.3, 0.4) is 0 Å². The van der Waals surface area contributed by atoms with Crippen LogP contribution in [0.5, 0.6) is 0 Å². The highest BCUT2D eigenvalue weighted by Crippen LogP contribution is 2.29. The molecule has 1 saturated heterocycles. The van der Waals surface area contributed by atoms with E-state index in [0.29, 0.717) is 26.0 Å². The molecule has 4 rings (SSSR count). The Kier molecular flexibility index (Phi) is 13.0. The summed E-state index contributed by atoms with van der Waals surface area (Å²) in [6, 6.07) is 19.8. The van der Waals surface area contributed by atoms with Crippen LogP contribution in [0.4, 0.5) is 4.79 Å². The van der Waals surface area contributed by atoms with Gasteiger partial charge in [0.25, 0.3) is 5.91 Å². The molecule has 0 saturated carbocycles. The minimum atomic E-state index is -0.786. The van der Waals surface area contributed by atoms with Crippen molar-refractivity contribution in [3.8, 4) is 11.1 Å². The van der Waals surface area contributed by atoms with Crippen LogP contribution in [0.25, 0.3) is 11.1 Å². The summed E-state index contributed by atoms with van der Waals surface area (Å²) in [4.78, 5) is 41.4. The van der Waals surface area contributed by atoms with Gasteiger partial charge in [0.1, 0.15) is 12.7 Å². The molecule has 0 radical (unpaired) electrons. The third-order valence-corrected chi connectivity index (χ3v) is 9.05. The molecular weight excluding hydrogens is 572 g/mol. The highest BCUT2D eigenvalue weighted by molar-refractivity contribution is 7.10. The van der Waals surface area contributed by atoms with Crippen LogP contribution in [0, 0.1) is 5.92 Å². The second-order valence-corrected chi connectivity index (χ2v) is 12.4. The van der Waals surface area contributed by atoms with Crippen molar-refractivity contribution in [3.63, 3.8) is 0 Å². The Hall–Kier alpha value is -3.49. The molecule has 3 atom stereocenters. The zero-order valence-corrected chi connectivity index (χ0v) is 27.1. The van der Waals surface area contributed by atoms with Crippen LogP contribution in [-0.4, -0.2) is 54.7 Å². The van der Waals surface area contributed by atoms with E-state index in [1.165, 1.54) is 29.0 Å². The van der Waals surface area contributed by atoms with Gasteiger partial charge in [0, 0.05) is 30.4 Å². The lowest BCUT2D eigenvalue weighted by Crippen LogP contribution is -2.47. The normalized spacial score (nSPS) is 16.0. The number of thiophene rings is 1. The lowest BCUT2D eigenvalue weighted by atomic mass is 9.95. The first-order valence-electron chi connectivity index (χ1n) is 16.0. The fraction of sp³-hybridized carbons (Fsp3) is 0.472. The van der Waals surface area contributed by atoms with Crippen LogP contribution < -0.4 is 5.32 Å². The number of hydrogen-bond acceptors (Lipinski definition) is 6. The van der Waals surface area contributed by atoms with Gasteiger partial charge in [-0.3, -0.25) is 9.59 Å². The summed E-state index contributed by atoms with van der Waals surface area (Å²) in [6.07, 6.45) is 5.80. The minimum absolute atomic E-state index is 0.00565. The highest BCUT2D eigenvalue weighted by atomic mass is 32.1. The number of nitrogens with zero attached hydrogens (tertiary/aromatic N) is 1. The predicted molar refractivity (Wildman–Crippen MR) is 176 cm³/mol. The first kappa shape index (κ1) is 33.4. The summed E-state index contributed by atoms with van der Waals surface area (Å²) < 4.78 is 11.2. The fourth-order valence-electron chi connectivity index (χ4n) is 5.73. The molecule has 1 aromatic heterocycles. The highest BCUT2D eigenvalue weighted by Gasteiger charge is 2.41. The number of hydrogen-bond donors (Lipinski definition) is 1. The van der Waals surface area contributed by atoms with E-state index >= 15 is 0 Å². The standard InChI is InChI=1S/C36H46N2O5S/c1-4-7-8-12-15-29(34(39)37-5-2)22-32-23-30(25-44-32)28-18-16-27(17-19-28)21-33(42-6-3)35(40)38-31(24-43-36(38)41)20-26-13-10-9-11-14-26/h9-11,13-14,16-19,23,25,29,31,33H,4-8,12,15,20-22,24H2,1-3H3,(H,37,39). The predicted octanol–water partition coefficient (Wildman–Crippen LogP) is 7.22. The average molecular weight is 619 g/mol. The van der Waals surface area contributed by atoms with Crippen molar-refractivity contribution in [2.75, 3.05) is 19.8 Å². The molecule has 7 nitrogen and oxygen atoms in total. The van der Waals surface area contributed by atoms with E-state index in [4.69, 9.17) is 9.47 Å². The van der Waals surface area contributed by atoms with Crippen molar-refractivity contribution in [3.05, 3.63) is 82.0 Å². The van der Waals surface area contributed by atoms with Gasteiger partial charge < -0.3 is 14.8 Å². The van der Waals surface area contributed by atoms with Crippen LogP contribution >= 0.6 is 11.3 Å². The molecule has 2 heterocycles. The summed E-state index contributed by atoms with van der Waals surface area (Å²) in [5.74, 6) is -0.220. The molecule has 1 aliphatic rings. The second-order valence-electron chi connectivity index (χ2n) is 11.4. The quantitative estimate of drug-likeness (QED) is 0.162. The molecule has 3 aromatic rings. The zero-order chi connectivity index (χ0) is 31.3. The van der Waals surface area contributed by atoms with Gasteiger partial charge in [0.05, 0.1) is 6.04 Å². The summed E-state index contributed by atoms with van der Waals surface area (Å²) in [6.45, 7) is 7.20. The summed E-state index contributed by atoms with van der Waals surface area (Å²) >= 11 is 1.70. The van der Waals surface area contributed by atoms with Gasteiger partial charge >= 0.3 is 6.09 Å². The van der Waals surface area contributed by atoms with E-state index in [0.717, 1.165) is 41.5 Å². The van der Waals surface area contributed by atoms with E-state index in [1.807, 2.05) is 56.3 Å². The number of cyclic esters (lactones) is 1. The monoisotopic (exact) mass is 618 g/mol. The molecule has 3 unspecified atom stereocenters. The largest absolute Gasteiger partial charge is 0.447 e. The Labute approximate surface area is 266 Å². The smallest absolute Gasteiger partial charge is 0.417 e. The lowest BCUT2D eigenvalue weighted by molar-refractivity contribution is -0.141. The summed E-state index contributed by atoms with van der Waals surface area (Å²) in [7, 11) is 0. The Morgan fingerprint density at radius 1 is 0.977 bits per heavy atom. The van der Waals surface area contributed by atoms with Crippen molar-refractivity contribution in [2.24, 2.45) is 5.92 Å². The number of carbonyl (C=O) groups excluding carboxylic acids is 3. The maximum absolute atomic E-state index is 13.6. The topological polar surface area (TPSA) is 84.9 Å². The van der Waals surface area contributed by atoms with E-state index in [1.54, 1.807) is 11.3 Å². The Bertz CT molecular complexity index is 1340. The number of nitrogens with one attached hydrogen (secondary N) is 1. The molecule has 8 heteroatoms. The molecule has 1 N–H and O–H groups in total. The summed E-state index contributed by atoms with van der Waals surface area (Å²) in [5.41, 5.74) is 4.20. The van der Waals surface area contributed by atoms with E-state index in [9.17, 15) is 14.4 Å². The second kappa shape index (κ2) is 17.1. The average Bonchev–Trinajstić information content (AvgIpc) is 3.65. The number of imide groups is 1. The van der Waals surface area contributed by atoms with Crippen molar-refractivity contribution in [2.45, 2.75) is 84.3 Å². The Balaban J connectivity index is 1.40. The number of amides is 3. The van der Waals surface area contributed by atoms with Crippen LogP contribution in [0.15, 0.2) is 66.0 Å². The van der Waals surface area contributed by atoms with Gasteiger partial charge in [0.15, 0.2) is 0 Å². The fourth-order valence-corrected chi connectivity index (χ4v) is 6.71. The van der Waals surface area contributed by atoms with Crippen molar-refractivity contribution >= 4 is 29.2 Å². The molecule has 2 aromatic carbocycles. The summed E-state index contributed by atoms with van der Waals surface area (Å²) in [5, 5.41) is 5.17. The first-order valence-corrected chi connectivity index (χ1v) is 16.9. The molecule has 236 valence electrons. The molecule has 1 aliphatic heterocycles. The van der Waals surface area contributed by atoms with E-state index in [-0.39, 0.29) is 30.4 Å². The maximum Gasteiger partial charge on any atom is 0.417 e. The van der Waals surface area contributed by atoms with Gasteiger partial charge in [-0.15, -0.1) is 11.3 Å². The number of benzene rings is 2. The van der Waals surface area contributed by atoms with Gasteiger partial charge in [-0.25, -0.2) is 9.69 Å². The Morgan fingerprint density at radius 3 is 2.45 bits per heavy atom. The molecule has 0 aliphatic carbocycles. The minimum Gasteiger partial charge on any atom is -0.447 e. The van der Waals surface area contributed by atoms with Crippen LogP contribution in [0.1, 0.15) is 68.9 Å². The third kappa shape index (κ3) is 9.26. The lowest BCUT2D eigenvalue weighted by Gasteiger charge is -2.25. The third-order valence-electron chi connectivity index (χ3n) is 8.09. The molecular formula is C36H46N2O5S. The number of rotatable bonds is 17. The van der Waals surface area contributed by atoms with Crippen LogP contribution in [0.2, 0.25) is 0 Å². The van der Waals surface area contributed by atoms with Gasteiger partial charge in [-0.2, -0.15) is 0 Å². The van der Waals surface area contributed by atoms with E-state index < -0.39 is 12.2 Å². The number of unbranched alkanes of at least 4 members (excludes halogenated alkanes) is 3. The number of carbonyl (C=O) groups is 3.